The van der Waals surface area contributed by atoms with Crippen LogP contribution in [-0.4, -0.2) is 18.5 Å². The van der Waals surface area contributed by atoms with Gasteiger partial charge in [-0.05, 0) is 24.7 Å². The lowest BCUT2D eigenvalue weighted by Gasteiger charge is -2.28. The molecule has 94 valence electrons. The quantitative estimate of drug-likeness (QED) is 0.774. The first-order valence-corrected chi connectivity index (χ1v) is 6.43. The number of nitrogens with two attached hydrogens (primary N) is 1. The Hall–Kier alpha value is -0.570. The molecular weight excluding hydrogens is 200 g/mol. The Morgan fingerprint density at radius 3 is 2.50 bits per heavy atom. The minimum absolute atomic E-state index is 0.0497. The van der Waals surface area contributed by atoms with Crippen LogP contribution in [0.4, 0.5) is 0 Å². The van der Waals surface area contributed by atoms with Gasteiger partial charge in [0.25, 0.3) is 0 Å². The third-order valence-corrected chi connectivity index (χ3v) is 3.33. The van der Waals surface area contributed by atoms with E-state index in [4.69, 9.17) is 5.73 Å². The molecular formula is C13H26N2O. The summed E-state index contributed by atoms with van der Waals surface area (Å²) in [5.74, 6) is 0.213. The van der Waals surface area contributed by atoms with Crippen LogP contribution in [0.2, 0.25) is 0 Å². The van der Waals surface area contributed by atoms with Crippen molar-refractivity contribution in [2.24, 2.45) is 17.1 Å². The van der Waals surface area contributed by atoms with Crippen LogP contribution >= 0.6 is 0 Å². The number of carbonyl (C=O) groups excluding carboxylic acids is 1. The van der Waals surface area contributed by atoms with Gasteiger partial charge in [-0.3, -0.25) is 4.79 Å². The lowest BCUT2D eigenvalue weighted by Crippen LogP contribution is -2.44. The van der Waals surface area contributed by atoms with Crippen LogP contribution in [0.25, 0.3) is 0 Å². The summed E-state index contributed by atoms with van der Waals surface area (Å²) in [6.07, 6.45) is 5.29. The second-order valence-electron chi connectivity index (χ2n) is 6.16. The molecule has 2 atom stereocenters. The zero-order chi connectivity index (χ0) is 12.2. The Balaban J connectivity index is 2.29. The van der Waals surface area contributed by atoms with Crippen LogP contribution in [0.5, 0.6) is 0 Å². The summed E-state index contributed by atoms with van der Waals surface area (Å²) in [4.78, 5) is 11.9. The molecule has 16 heavy (non-hydrogen) atoms. The van der Waals surface area contributed by atoms with Crippen LogP contribution in [0, 0.1) is 11.3 Å². The van der Waals surface area contributed by atoms with E-state index in [0.717, 1.165) is 32.2 Å². The molecule has 1 saturated carbocycles. The van der Waals surface area contributed by atoms with Gasteiger partial charge in [0.1, 0.15) is 0 Å². The molecule has 2 unspecified atom stereocenters. The van der Waals surface area contributed by atoms with E-state index in [1.807, 2.05) is 0 Å². The fourth-order valence-electron chi connectivity index (χ4n) is 2.18. The minimum atomic E-state index is 0.0497. The van der Waals surface area contributed by atoms with Crippen molar-refractivity contribution in [3.63, 3.8) is 0 Å². The number of amides is 1. The normalized spacial score (nSPS) is 26.5. The fraction of sp³-hybridized carbons (Fsp3) is 0.923. The predicted octanol–water partition coefficient (Wildman–Crippen LogP) is 2.06. The monoisotopic (exact) mass is 226 g/mol. The van der Waals surface area contributed by atoms with Crippen LogP contribution in [0.15, 0.2) is 0 Å². The van der Waals surface area contributed by atoms with Gasteiger partial charge in [0.05, 0.1) is 5.92 Å². The number of rotatable bonds is 3. The van der Waals surface area contributed by atoms with Crippen LogP contribution in [-0.2, 0) is 4.79 Å². The topological polar surface area (TPSA) is 55.1 Å². The summed E-state index contributed by atoms with van der Waals surface area (Å²) in [7, 11) is 0. The van der Waals surface area contributed by atoms with Gasteiger partial charge in [0.15, 0.2) is 0 Å². The fourth-order valence-corrected chi connectivity index (χ4v) is 2.18. The SMILES string of the molecule is CC(C)(C)CCNC(=O)C1CCCCC1N. The second-order valence-corrected chi connectivity index (χ2v) is 6.16. The van der Waals surface area contributed by atoms with E-state index in [2.05, 4.69) is 26.1 Å². The molecule has 0 aromatic heterocycles. The molecule has 3 N–H and O–H groups in total. The van der Waals surface area contributed by atoms with Crippen molar-refractivity contribution in [1.29, 1.82) is 0 Å². The molecule has 0 radical (unpaired) electrons. The van der Waals surface area contributed by atoms with Crippen molar-refractivity contribution in [1.82, 2.24) is 5.32 Å². The first-order valence-electron chi connectivity index (χ1n) is 6.43. The van der Waals surface area contributed by atoms with Crippen molar-refractivity contribution >= 4 is 5.91 Å². The van der Waals surface area contributed by atoms with Gasteiger partial charge in [-0.15, -0.1) is 0 Å². The smallest absolute Gasteiger partial charge is 0.224 e. The highest BCUT2D eigenvalue weighted by Gasteiger charge is 2.27. The van der Waals surface area contributed by atoms with Crippen molar-refractivity contribution in [3.05, 3.63) is 0 Å². The summed E-state index contributed by atoms with van der Waals surface area (Å²) < 4.78 is 0. The van der Waals surface area contributed by atoms with Gasteiger partial charge < -0.3 is 11.1 Å². The number of carbonyl (C=O) groups is 1. The molecule has 1 aliphatic rings. The van der Waals surface area contributed by atoms with Gasteiger partial charge >= 0.3 is 0 Å². The summed E-state index contributed by atoms with van der Waals surface area (Å²) in [6.45, 7) is 7.33. The van der Waals surface area contributed by atoms with Gasteiger partial charge in [-0.2, -0.15) is 0 Å². The minimum Gasteiger partial charge on any atom is -0.356 e. The first kappa shape index (κ1) is 13.5. The van der Waals surface area contributed by atoms with E-state index >= 15 is 0 Å². The first-order chi connectivity index (χ1) is 7.40. The van der Waals surface area contributed by atoms with Gasteiger partial charge in [-0.25, -0.2) is 0 Å². The van der Waals surface area contributed by atoms with Gasteiger partial charge in [0, 0.05) is 12.6 Å². The maximum Gasteiger partial charge on any atom is 0.224 e. The molecule has 0 aliphatic heterocycles. The zero-order valence-electron chi connectivity index (χ0n) is 10.9. The molecule has 1 aliphatic carbocycles. The van der Waals surface area contributed by atoms with E-state index < -0.39 is 0 Å². The average Bonchev–Trinajstić information content (AvgIpc) is 2.16. The molecule has 3 nitrogen and oxygen atoms in total. The second kappa shape index (κ2) is 5.67. The van der Waals surface area contributed by atoms with E-state index in [9.17, 15) is 4.79 Å². The third kappa shape index (κ3) is 4.52. The van der Waals surface area contributed by atoms with E-state index in [-0.39, 0.29) is 23.3 Å². The molecule has 1 fully saturated rings. The van der Waals surface area contributed by atoms with Crippen LogP contribution in [0.3, 0.4) is 0 Å². The van der Waals surface area contributed by atoms with E-state index in [1.54, 1.807) is 0 Å². The summed E-state index contributed by atoms with van der Waals surface area (Å²) >= 11 is 0. The Bertz CT molecular complexity index is 233. The van der Waals surface area contributed by atoms with Crippen molar-refractivity contribution in [3.8, 4) is 0 Å². The molecule has 0 spiro atoms. The lowest BCUT2D eigenvalue weighted by atomic mass is 9.84. The van der Waals surface area contributed by atoms with E-state index in [1.165, 1.54) is 6.42 Å². The number of hydrogen-bond acceptors (Lipinski definition) is 2. The summed E-state index contributed by atoms with van der Waals surface area (Å²) in [6, 6.07) is 0.0726. The lowest BCUT2D eigenvalue weighted by molar-refractivity contribution is -0.126. The maximum absolute atomic E-state index is 11.9. The Morgan fingerprint density at radius 1 is 1.31 bits per heavy atom. The van der Waals surface area contributed by atoms with Crippen LogP contribution in [0.1, 0.15) is 52.9 Å². The highest BCUT2D eigenvalue weighted by molar-refractivity contribution is 5.79. The third-order valence-electron chi connectivity index (χ3n) is 3.33. The Kier molecular flexibility index (Phi) is 4.78. The molecule has 0 saturated heterocycles. The zero-order valence-corrected chi connectivity index (χ0v) is 10.9. The Morgan fingerprint density at radius 2 is 1.94 bits per heavy atom. The van der Waals surface area contributed by atoms with Gasteiger partial charge in [0.2, 0.25) is 5.91 Å². The molecule has 0 aromatic carbocycles. The molecule has 1 rings (SSSR count). The molecule has 0 aromatic rings. The Labute approximate surface area is 99.2 Å². The molecule has 0 bridgehead atoms. The average molecular weight is 226 g/mol. The maximum atomic E-state index is 11.9. The summed E-state index contributed by atoms with van der Waals surface area (Å²) in [5.41, 5.74) is 6.26. The van der Waals surface area contributed by atoms with Crippen LogP contribution < -0.4 is 11.1 Å². The molecule has 0 heterocycles. The molecule has 1 amide bonds. The highest BCUT2D eigenvalue weighted by atomic mass is 16.1. The highest BCUT2D eigenvalue weighted by Crippen LogP contribution is 2.23. The van der Waals surface area contributed by atoms with Crippen molar-refractivity contribution in [2.45, 2.75) is 58.9 Å². The predicted molar refractivity (Wildman–Crippen MR) is 67.0 cm³/mol. The largest absolute Gasteiger partial charge is 0.356 e. The van der Waals surface area contributed by atoms with Crippen molar-refractivity contribution < 1.29 is 4.79 Å². The van der Waals surface area contributed by atoms with Gasteiger partial charge in [-0.1, -0.05) is 33.6 Å². The van der Waals surface area contributed by atoms with Crippen molar-refractivity contribution in [2.75, 3.05) is 6.54 Å². The number of hydrogen-bond donors (Lipinski definition) is 2. The standard InChI is InChI=1S/C13H26N2O/c1-13(2,3)8-9-15-12(16)10-6-4-5-7-11(10)14/h10-11H,4-9,14H2,1-3H3,(H,15,16). The number of nitrogens with one attached hydrogen (secondary N) is 1. The van der Waals surface area contributed by atoms with E-state index in [0.29, 0.717) is 0 Å². The molecule has 3 heteroatoms. The summed E-state index contributed by atoms with van der Waals surface area (Å²) in [5, 5.41) is 3.02.